The quantitative estimate of drug-likeness (QED) is 0.417. The Hall–Kier alpha value is -1.93. The van der Waals surface area contributed by atoms with E-state index in [1.807, 2.05) is 0 Å². The Kier molecular flexibility index (Phi) is 6.77. The molecule has 1 heterocycles. The summed E-state index contributed by atoms with van der Waals surface area (Å²) in [5.41, 5.74) is 8.23. The highest BCUT2D eigenvalue weighted by atomic mass is 35.5. The van der Waals surface area contributed by atoms with E-state index < -0.39 is 5.91 Å². The van der Waals surface area contributed by atoms with Crippen molar-refractivity contribution in [2.45, 2.75) is 0 Å². The number of hydrazone groups is 1. The first-order chi connectivity index (χ1) is 12.3. The maximum atomic E-state index is 12.2. The zero-order chi connectivity index (χ0) is 19.4. The number of hydrogen-bond donors (Lipinski definition) is 2. The van der Waals surface area contributed by atoms with Gasteiger partial charge in [0, 0.05) is 0 Å². The van der Waals surface area contributed by atoms with Crippen LogP contribution in [-0.4, -0.2) is 31.3 Å². The van der Waals surface area contributed by atoms with Crippen LogP contribution >= 0.6 is 46.4 Å². The number of anilines is 1. The molecule has 0 unspecified atom stereocenters. The van der Waals surface area contributed by atoms with Crippen LogP contribution in [0.4, 0.5) is 5.69 Å². The number of aromatic nitrogens is 1. The summed E-state index contributed by atoms with van der Waals surface area (Å²) in [6.07, 6.45) is 1.35. The number of nitrogens with zero attached hydrogens (tertiary/aromatic N) is 2. The average molecular weight is 438 g/mol. The summed E-state index contributed by atoms with van der Waals surface area (Å²) in [5, 5.41) is 3.84. The molecule has 11 heteroatoms. The molecule has 1 aromatic carbocycles. The van der Waals surface area contributed by atoms with E-state index in [1.54, 1.807) is 12.1 Å². The minimum Gasteiger partial charge on any atom is -0.493 e. The normalized spacial score (nSPS) is 10.8. The maximum absolute atomic E-state index is 12.2. The van der Waals surface area contributed by atoms with E-state index in [-0.39, 0.29) is 26.6 Å². The molecule has 0 atom stereocenters. The van der Waals surface area contributed by atoms with Crippen LogP contribution < -0.4 is 20.6 Å². The Labute approximate surface area is 169 Å². The van der Waals surface area contributed by atoms with Gasteiger partial charge >= 0.3 is 0 Å². The fourth-order valence-corrected chi connectivity index (χ4v) is 2.80. The number of amides is 1. The molecule has 0 aliphatic carbocycles. The first kappa shape index (κ1) is 20.4. The minimum atomic E-state index is -0.719. The molecule has 0 bridgehead atoms. The van der Waals surface area contributed by atoms with Crippen LogP contribution in [0.2, 0.25) is 20.2 Å². The third-order valence-corrected chi connectivity index (χ3v) is 4.54. The molecule has 2 rings (SSSR count). The van der Waals surface area contributed by atoms with Crippen molar-refractivity contribution in [3.05, 3.63) is 43.6 Å². The summed E-state index contributed by atoms with van der Waals surface area (Å²) < 4.78 is 10.3. The number of methoxy groups -OCH3 is 2. The Morgan fingerprint density at radius 2 is 1.88 bits per heavy atom. The number of pyridine rings is 1. The lowest BCUT2D eigenvalue weighted by Gasteiger charge is -2.10. The maximum Gasteiger partial charge on any atom is 0.291 e. The van der Waals surface area contributed by atoms with Crippen LogP contribution in [0.25, 0.3) is 0 Å². The molecule has 0 aliphatic heterocycles. The molecule has 0 saturated carbocycles. The van der Waals surface area contributed by atoms with Crippen molar-refractivity contribution in [3.8, 4) is 11.5 Å². The Morgan fingerprint density at radius 1 is 1.19 bits per heavy atom. The van der Waals surface area contributed by atoms with Gasteiger partial charge in [0.1, 0.15) is 5.02 Å². The van der Waals surface area contributed by atoms with E-state index in [9.17, 15) is 4.79 Å². The molecule has 0 fully saturated rings. The molecule has 0 saturated heterocycles. The van der Waals surface area contributed by atoms with Gasteiger partial charge in [-0.25, -0.2) is 10.4 Å². The summed E-state index contributed by atoms with van der Waals surface area (Å²) in [5.74, 6) is 0.0791. The molecule has 7 nitrogen and oxygen atoms in total. The van der Waals surface area contributed by atoms with Gasteiger partial charge in [0.15, 0.2) is 22.3 Å². The molecule has 26 heavy (non-hydrogen) atoms. The number of carbonyl (C=O) groups is 1. The summed E-state index contributed by atoms with van der Waals surface area (Å²) in [4.78, 5) is 16.0. The summed E-state index contributed by atoms with van der Waals surface area (Å²) in [7, 11) is 2.94. The van der Waals surface area contributed by atoms with Crippen LogP contribution in [-0.2, 0) is 0 Å². The van der Waals surface area contributed by atoms with Crippen molar-refractivity contribution in [1.82, 2.24) is 10.4 Å². The number of hydrogen-bond acceptors (Lipinski definition) is 6. The molecule has 0 aliphatic rings. The van der Waals surface area contributed by atoms with Gasteiger partial charge in [0.2, 0.25) is 0 Å². The average Bonchev–Trinajstić information content (AvgIpc) is 2.62. The molecule has 1 amide bonds. The van der Waals surface area contributed by atoms with Crippen molar-refractivity contribution in [2.75, 3.05) is 20.0 Å². The van der Waals surface area contributed by atoms with E-state index in [0.717, 1.165) is 0 Å². The summed E-state index contributed by atoms with van der Waals surface area (Å²) in [6.45, 7) is 0. The number of ether oxygens (including phenoxy) is 2. The number of halogens is 4. The first-order valence-corrected chi connectivity index (χ1v) is 8.36. The van der Waals surface area contributed by atoms with Gasteiger partial charge in [-0.15, -0.1) is 0 Å². The molecule has 0 spiro atoms. The van der Waals surface area contributed by atoms with Crippen LogP contribution in [0, 0.1) is 0 Å². The fraction of sp³-hybridized carbons (Fsp3) is 0.133. The number of rotatable bonds is 5. The third-order valence-electron chi connectivity index (χ3n) is 3.12. The predicted molar refractivity (Wildman–Crippen MR) is 103 cm³/mol. The van der Waals surface area contributed by atoms with E-state index in [0.29, 0.717) is 22.1 Å². The highest BCUT2D eigenvalue weighted by Crippen LogP contribution is 2.36. The number of nitrogen functional groups attached to an aromatic ring is 1. The topological polar surface area (TPSA) is 98.8 Å². The first-order valence-electron chi connectivity index (χ1n) is 6.85. The third kappa shape index (κ3) is 4.24. The molecule has 1 aromatic heterocycles. The fourth-order valence-electron chi connectivity index (χ4n) is 1.91. The monoisotopic (exact) mass is 436 g/mol. The highest BCUT2D eigenvalue weighted by Gasteiger charge is 2.19. The molecule has 2 aromatic rings. The van der Waals surface area contributed by atoms with Crippen molar-refractivity contribution < 1.29 is 14.3 Å². The van der Waals surface area contributed by atoms with Crippen molar-refractivity contribution >= 4 is 64.2 Å². The number of benzene rings is 1. The van der Waals surface area contributed by atoms with Gasteiger partial charge in [-0.05, 0) is 17.7 Å². The van der Waals surface area contributed by atoms with Gasteiger partial charge < -0.3 is 15.2 Å². The number of nitrogens with one attached hydrogen (secondary N) is 1. The van der Waals surface area contributed by atoms with Crippen LogP contribution in [0.3, 0.4) is 0 Å². The van der Waals surface area contributed by atoms with E-state index in [2.05, 4.69) is 15.5 Å². The summed E-state index contributed by atoms with van der Waals surface area (Å²) in [6, 6.07) is 3.21. The van der Waals surface area contributed by atoms with E-state index in [4.69, 9.17) is 61.6 Å². The second kappa shape index (κ2) is 8.64. The van der Waals surface area contributed by atoms with Crippen LogP contribution in [0.1, 0.15) is 16.1 Å². The number of carbonyl (C=O) groups excluding carboxylic acids is 1. The standard InChI is InChI=1S/C15H12Cl4N4O3/c1-25-8-4-6(3-7(16)13(8)26-2)5-21-23-15(24)12-9(17)11(20)10(18)14(19)22-12/h3-5H,1-2H3,(H2,20,22)(H,23,24)/b21-5+. The lowest BCUT2D eigenvalue weighted by molar-refractivity contribution is 0.0950. The smallest absolute Gasteiger partial charge is 0.291 e. The summed E-state index contributed by atoms with van der Waals surface area (Å²) >= 11 is 23.7. The molecular weight excluding hydrogens is 426 g/mol. The molecular formula is C15H12Cl4N4O3. The SMILES string of the molecule is COc1cc(/C=N/NC(=O)c2nc(Cl)c(Cl)c(N)c2Cl)cc(Cl)c1OC. The number of nitrogens with two attached hydrogens (primary N) is 1. The van der Waals surface area contributed by atoms with Gasteiger partial charge in [-0.2, -0.15) is 5.10 Å². The second-order valence-electron chi connectivity index (χ2n) is 4.73. The molecule has 3 N–H and O–H groups in total. The zero-order valence-electron chi connectivity index (χ0n) is 13.4. The minimum absolute atomic E-state index is 0.0308. The van der Waals surface area contributed by atoms with E-state index in [1.165, 1.54) is 20.4 Å². The highest BCUT2D eigenvalue weighted by molar-refractivity contribution is 6.46. The van der Waals surface area contributed by atoms with Gasteiger partial charge in [-0.1, -0.05) is 46.4 Å². The van der Waals surface area contributed by atoms with Crippen molar-refractivity contribution in [2.24, 2.45) is 5.10 Å². The lowest BCUT2D eigenvalue weighted by atomic mass is 10.2. The van der Waals surface area contributed by atoms with E-state index >= 15 is 0 Å². The predicted octanol–water partition coefficient (Wildman–Crippen LogP) is 4.06. The van der Waals surface area contributed by atoms with Gasteiger partial charge in [0.25, 0.3) is 5.91 Å². The Morgan fingerprint density at radius 3 is 2.50 bits per heavy atom. The largest absolute Gasteiger partial charge is 0.493 e. The van der Waals surface area contributed by atoms with Crippen molar-refractivity contribution in [1.29, 1.82) is 0 Å². The Bertz CT molecular complexity index is 890. The molecule has 138 valence electrons. The van der Waals surface area contributed by atoms with Gasteiger partial charge in [-0.3, -0.25) is 4.79 Å². The molecule has 0 radical (unpaired) electrons. The lowest BCUT2D eigenvalue weighted by Crippen LogP contribution is -2.20. The van der Waals surface area contributed by atoms with Crippen LogP contribution in [0.5, 0.6) is 11.5 Å². The van der Waals surface area contributed by atoms with Crippen molar-refractivity contribution in [3.63, 3.8) is 0 Å². The Balaban J connectivity index is 2.21. The van der Waals surface area contributed by atoms with Crippen LogP contribution in [0.15, 0.2) is 17.2 Å². The van der Waals surface area contributed by atoms with Gasteiger partial charge in [0.05, 0.1) is 36.2 Å². The zero-order valence-corrected chi connectivity index (χ0v) is 16.5. The second-order valence-corrected chi connectivity index (χ2v) is 6.25.